The van der Waals surface area contributed by atoms with Gasteiger partial charge in [0.25, 0.3) is 0 Å². The van der Waals surface area contributed by atoms with E-state index in [9.17, 15) is 4.79 Å². The second kappa shape index (κ2) is 6.13. The predicted molar refractivity (Wildman–Crippen MR) is 79.5 cm³/mol. The largest absolute Gasteiger partial charge is 0.342 e. The molecule has 0 bridgehead atoms. The smallest absolute Gasteiger partial charge is 0.228 e. The molecule has 1 saturated heterocycles. The van der Waals surface area contributed by atoms with Gasteiger partial charge in [0.1, 0.15) is 5.01 Å². The number of likely N-dealkylation sites (tertiary alicyclic amines) is 1. The normalized spacial score (nSPS) is 15.3. The highest BCUT2D eigenvalue weighted by atomic mass is 32.1. The van der Waals surface area contributed by atoms with Gasteiger partial charge in [-0.25, -0.2) is 4.98 Å². The molecule has 1 amide bonds. The van der Waals surface area contributed by atoms with Crippen molar-refractivity contribution >= 4 is 17.2 Å². The zero-order valence-electron chi connectivity index (χ0n) is 11.3. The third-order valence-corrected chi connectivity index (χ3v) is 4.46. The standard InChI is InChI=1S/C15H17N3OS/c19-14(18-8-2-1-3-9-18)10-13-11-20-15(17-13)12-4-6-16-7-5-12/h4-7,11H,1-3,8-10H2. The lowest BCUT2D eigenvalue weighted by Gasteiger charge is -2.26. The summed E-state index contributed by atoms with van der Waals surface area (Å²) in [6, 6.07) is 3.88. The molecule has 3 rings (SSSR count). The van der Waals surface area contributed by atoms with Crippen molar-refractivity contribution in [2.24, 2.45) is 0 Å². The van der Waals surface area contributed by atoms with Crippen LogP contribution in [0.4, 0.5) is 0 Å². The van der Waals surface area contributed by atoms with E-state index < -0.39 is 0 Å². The van der Waals surface area contributed by atoms with Crippen molar-refractivity contribution in [3.63, 3.8) is 0 Å². The SMILES string of the molecule is O=C(Cc1csc(-c2ccncc2)n1)N1CCCCC1. The number of rotatable bonds is 3. The highest BCUT2D eigenvalue weighted by Crippen LogP contribution is 2.23. The number of amides is 1. The number of piperidine rings is 1. The molecule has 0 atom stereocenters. The topological polar surface area (TPSA) is 46.1 Å². The molecule has 104 valence electrons. The first-order chi connectivity index (χ1) is 9.83. The Labute approximate surface area is 122 Å². The molecule has 2 aromatic rings. The Morgan fingerprint density at radius 2 is 1.95 bits per heavy atom. The molecule has 4 nitrogen and oxygen atoms in total. The highest BCUT2D eigenvalue weighted by Gasteiger charge is 2.17. The van der Waals surface area contributed by atoms with Gasteiger partial charge in [0.05, 0.1) is 12.1 Å². The fraction of sp³-hybridized carbons (Fsp3) is 0.400. The number of hydrogen-bond acceptors (Lipinski definition) is 4. The molecule has 0 N–H and O–H groups in total. The van der Waals surface area contributed by atoms with Gasteiger partial charge >= 0.3 is 0 Å². The molecule has 5 heteroatoms. The zero-order chi connectivity index (χ0) is 13.8. The minimum Gasteiger partial charge on any atom is -0.342 e. The van der Waals surface area contributed by atoms with E-state index in [0.717, 1.165) is 42.2 Å². The second-order valence-corrected chi connectivity index (χ2v) is 5.86. The number of aromatic nitrogens is 2. The lowest BCUT2D eigenvalue weighted by atomic mass is 10.1. The third-order valence-electron chi connectivity index (χ3n) is 3.52. The fourth-order valence-electron chi connectivity index (χ4n) is 2.43. The maximum atomic E-state index is 12.2. The van der Waals surface area contributed by atoms with Crippen LogP contribution in [-0.4, -0.2) is 33.9 Å². The first-order valence-corrected chi connectivity index (χ1v) is 7.83. The Morgan fingerprint density at radius 1 is 1.20 bits per heavy atom. The molecule has 0 unspecified atom stereocenters. The minimum absolute atomic E-state index is 0.205. The first-order valence-electron chi connectivity index (χ1n) is 6.95. The quantitative estimate of drug-likeness (QED) is 0.872. The van der Waals surface area contributed by atoms with Gasteiger partial charge in [-0.3, -0.25) is 9.78 Å². The van der Waals surface area contributed by atoms with E-state index >= 15 is 0 Å². The van der Waals surface area contributed by atoms with Crippen LogP contribution < -0.4 is 0 Å². The van der Waals surface area contributed by atoms with Crippen molar-refractivity contribution < 1.29 is 4.79 Å². The lowest BCUT2D eigenvalue weighted by Crippen LogP contribution is -2.36. The Morgan fingerprint density at radius 3 is 2.70 bits per heavy atom. The molecule has 3 heterocycles. The number of carbonyl (C=O) groups is 1. The molecule has 0 saturated carbocycles. The van der Waals surface area contributed by atoms with Crippen molar-refractivity contribution in [3.05, 3.63) is 35.6 Å². The van der Waals surface area contributed by atoms with E-state index in [1.165, 1.54) is 6.42 Å². The maximum absolute atomic E-state index is 12.2. The number of pyridine rings is 1. The summed E-state index contributed by atoms with van der Waals surface area (Å²) in [7, 11) is 0. The molecule has 2 aromatic heterocycles. The van der Waals surface area contributed by atoms with Crippen LogP contribution in [0.5, 0.6) is 0 Å². The van der Waals surface area contributed by atoms with E-state index in [0.29, 0.717) is 6.42 Å². The summed E-state index contributed by atoms with van der Waals surface area (Å²) in [6.07, 6.45) is 7.44. The molecule has 1 aliphatic heterocycles. The minimum atomic E-state index is 0.205. The number of hydrogen-bond donors (Lipinski definition) is 0. The van der Waals surface area contributed by atoms with Crippen LogP contribution in [0.3, 0.4) is 0 Å². The van der Waals surface area contributed by atoms with Crippen LogP contribution in [0.1, 0.15) is 25.0 Å². The summed E-state index contributed by atoms with van der Waals surface area (Å²) in [5.41, 5.74) is 1.93. The fourth-order valence-corrected chi connectivity index (χ4v) is 3.25. The van der Waals surface area contributed by atoms with Gasteiger partial charge in [0.2, 0.25) is 5.91 Å². The summed E-state index contributed by atoms with van der Waals surface area (Å²) in [6.45, 7) is 1.81. The van der Waals surface area contributed by atoms with Crippen LogP contribution >= 0.6 is 11.3 Å². The number of nitrogens with zero attached hydrogens (tertiary/aromatic N) is 3. The Bertz CT molecular complexity index is 576. The molecular weight excluding hydrogens is 270 g/mol. The van der Waals surface area contributed by atoms with Gasteiger partial charge in [0.15, 0.2) is 0 Å². The molecule has 20 heavy (non-hydrogen) atoms. The van der Waals surface area contributed by atoms with Crippen molar-refractivity contribution in [2.45, 2.75) is 25.7 Å². The van der Waals surface area contributed by atoms with Crippen molar-refractivity contribution in [2.75, 3.05) is 13.1 Å². The number of thiazole rings is 1. The van der Waals surface area contributed by atoms with Gasteiger partial charge in [-0.2, -0.15) is 0 Å². The van der Waals surface area contributed by atoms with Gasteiger partial charge in [-0.05, 0) is 31.4 Å². The second-order valence-electron chi connectivity index (χ2n) is 5.00. The molecule has 0 radical (unpaired) electrons. The zero-order valence-corrected chi connectivity index (χ0v) is 12.1. The van der Waals surface area contributed by atoms with E-state index in [4.69, 9.17) is 0 Å². The maximum Gasteiger partial charge on any atom is 0.228 e. The van der Waals surface area contributed by atoms with E-state index in [1.54, 1.807) is 23.7 Å². The van der Waals surface area contributed by atoms with Crippen LogP contribution in [0.25, 0.3) is 10.6 Å². The highest BCUT2D eigenvalue weighted by molar-refractivity contribution is 7.13. The summed E-state index contributed by atoms with van der Waals surface area (Å²) in [4.78, 5) is 22.7. The van der Waals surface area contributed by atoms with Crippen LogP contribution in [0.15, 0.2) is 29.9 Å². The summed E-state index contributed by atoms with van der Waals surface area (Å²) < 4.78 is 0. The summed E-state index contributed by atoms with van der Waals surface area (Å²) in [5, 5.41) is 2.94. The molecule has 1 aliphatic rings. The summed E-state index contributed by atoms with van der Waals surface area (Å²) in [5.74, 6) is 0.205. The van der Waals surface area contributed by atoms with E-state index in [-0.39, 0.29) is 5.91 Å². The molecule has 0 aromatic carbocycles. The van der Waals surface area contributed by atoms with Crippen molar-refractivity contribution in [1.29, 1.82) is 0 Å². The average Bonchev–Trinajstić information content (AvgIpc) is 2.97. The lowest BCUT2D eigenvalue weighted by molar-refractivity contribution is -0.131. The van der Waals surface area contributed by atoms with Crippen LogP contribution in [0.2, 0.25) is 0 Å². The van der Waals surface area contributed by atoms with Crippen LogP contribution in [0, 0.1) is 0 Å². The van der Waals surface area contributed by atoms with Gasteiger partial charge in [0, 0.05) is 36.4 Å². The predicted octanol–water partition coefficient (Wildman–Crippen LogP) is 2.76. The van der Waals surface area contributed by atoms with Crippen LogP contribution in [-0.2, 0) is 11.2 Å². The molecular formula is C15H17N3OS. The van der Waals surface area contributed by atoms with E-state index in [2.05, 4.69) is 9.97 Å². The van der Waals surface area contributed by atoms with Gasteiger partial charge in [-0.1, -0.05) is 0 Å². The Kier molecular flexibility index (Phi) is 4.06. The van der Waals surface area contributed by atoms with Gasteiger partial charge < -0.3 is 4.90 Å². The Hall–Kier alpha value is -1.75. The molecule has 1 fully saturated rings. The average molecular weight is 287 g/mol. The Balaban J connectivity index is 1.66. The van der Waals surface area contributed by atoms with E-state index in [1.807, 2.05) is 22.4 Å². The third kappa shape index (κ3) is 3.04. The van der Waals surface area contributed by atoms with Crippen molar-refractivity contribution in [1.82, 2.24) is 14.9 Å². The van der Waals surface area contributed by atoms with Gasteiger partial charge in [-0.15, -0.1) is 11.3 Å². The molecule has 0 aliphatic carbocycles. The van der Waals surface area contributed by atoms with Crippen molar-refractivity contribution in [3.8, 4) is 10.6 Å². The first kappa shape index (κ1) is 13.2. The number of carbonyl (C=O) groups excluding carboxylic acids is 1. The summed E-state index contributed by atoms with van der Waals surface area (Å²) >= 11 is 1.58. The molecule has 0 spiro atoms. The monoisotopic (exact) mass is 287 g/mol.